The number of benzene rings is 3. The van der Waals surface area contributed by atoms with Crippen LogP contribution in [0.25, 0.3) is 10.9 Å². The Morgan fingerprint density at radius 2 is 1.72 bits per heavy atom. The summed E-state index contributed by atoms with van der Waals surface area (Å²) in [5, 5.41) is 5.64. The molecule has 1 heterocycles. The van der Waals surface area contributed by atoms with Crippen LogP contribution in [0.4, 0.5) is 0 Å². The molecule has 36 heavy (non-hydrogen) atoms. The molecule has 4 aromatic rings. The molecular weight excluding hydrogens is 697 g/mol. The zero-order valence-corrected chi connectivity index (χ0v) is 25.3. The van der Waals surface area contributed by atoms with Crippen LogP contribution in [-0.4, -0.2) is 15.9 Å². The summed E-state index contributed by atoms with van der Waals surface area (Å²) in [6.07, 6.45) is 4.05. The highest BCUT2D eigenvalue weighted by Crippen LogP contribution is 2.35. The lowest BCUT2D eigenvalue weighted by atomic mass is 10.2. The van der Waals surface area contributed by atoms with E-state index in [1.165, 1.54) is 4.68 Å². The van der Waals surface area contributed by atoms with E-state index in [0.29, 0.717) is 44.5 Å². The van der Waals surface area contributed by atoms with Crippen LogP contribution in [0.3, 0.4) is 0 Å². The minimum absolute atomic E-state index is 0.235. The molecule has 0 aliphatic rings. The normalized spacial score (nSPS) is 11.5. The number of halogens is 5. The third kappa shape index (κ3) is 6.40. The Bertz CT molecular complexity index is 1500. The molecule has 10 heteroatoms. The zero-order chi connectivity index (χ0) is 25.8. The summed E-state index contributed by atoms with van der Waals surface area (Å²) in [5.41, 5.74) is 1.99. The van der Waals surface area contributed by atoms with Gasteiger partial charge in [0.1, 0.15) is 12.4 Å². The minimum atomic E-state index is -0.235. The van der Waals surface area contributed by atoms with Gasteiger partial charge in [-0.25, -0.2) is 4.98 Å². The van der Waals surface area contributed by atoms with Crippen molar-refractivity contribution in [1.29, 1.82) is 0 Å². The Morgan fingerprint density at radius 3 is 2.42 bits per heavy atom. The predicted octanol–water partition coefficient (Wildman–Crippen LogP) is 8.79. The van der Waals surface area contributed by atoms with Gasteiger partial charge in [-0.1, -0.05) is 90.4 Å². The number of hydrogen-bond acceptors (Lipinski definition) is 4. The Labute approximate surface area is 243 Å². The predicted molar refractivity (Wildman–Crippen MR) is 158 cm³/mol. The number of unbranched alkanes of at least 4 members (excludes halogenated alkanes) is 1. The van der Waals surface area contributed by atoms with Crippen LogP contribution in [0.2, 0.25) is 10.0 Å². The first-order valence-electron chi connectivity index (χ1n) is 11.1. The number of nitrogens with zero attached hydrogens (tertiary/aromatic N) is 3. The standard InChI is InChI=1S/C26H20Br3Cl2N3O2/c1-2-3-4-24-33-23-8-7-17(27)11-19(23)26(35)34(24)32-13-15-9-21(30)25(22(31)10-15)36-14-16-5-6-18(28)12-20(16)29/h5-13H,2-4,14H2,1H3. The quantitative estimate of drug-likeness (QED) is 0.171. The first kappa shape index (κ1) is 27.3. The molecule has 0 unspecified atom stereocenters. The van der Waals surface area contributed by atoms with Crippen LogP contribution in [0, 0.1) is 0 Å². The fraction of sp³-hybridized carbons (Fsp3) is 0.192. The lowest BCUT2D eigenvalue weighted by Crippen LogP contribution is -2.22. The van der Waals surface area contributed by atoms with Gasteiger partial charge in [0.2, 0.25) is 0 Å². The molecule has 0 fully saturated rings. The molecule has 0 amide bonds. The van der Waals surface area contributed by atoms with Gasteiger partial charge in [0.05, 0.1) is 27.2 Å². The molecule has 4 rings (SSSR count). The van der Waals surface area contributed by atoms with Crippen molar-refractivity contribution in [2.75, 3.05) is 0 Å². The van der Waals surface area contributed by atoms with Crippen molar-refractivity contribution in [2.45, 2.75) is 32.8 Å². The average Bonchev–Trinajstić information content (AvgIpc) is 2.83. The lowest BCUT2D eigenvalue weighted by molar-refractivity contribution is 0.306. The number of aromatic nitrogens is 2. The van der Waals surface area contributed by atoms with E-state index in [1.807, 2.05) is 30.3 Å². The van der Waals surface area contributed by atoms with Crippen molar-refractivity contribution in [1.82, 2.24) is 9.66 Å². The van der Waals surface area contributed by atoms with Crippen molar-refractivity contribution >= 4 is 88.1 Å². The second-order valence-corrected chi connectivity index (χ2v) is 11.5. The van der Waals surface area contributed by atoms with Crippen LogP contribution in [0.5, 0.6) is 5.75 Å². The van der Waals surface area contributed by atoms with E-state index in [-0.39, 0.29) is 12.2 Å². The molecule has 0 spiro atoms. The summed E-state index contributed by atoms with van der Waals surface area (Å²) >= 11 is 23.4. The second kappa shape index (κ2) is 12.2. The first-order chi connectivity index (χ1) is 17.3. The van der Waals surface area contributed by atoms with Crippen molar-refractivity contribution in [3.63, 3.8) is 0 Å². The Hall–Kier alpha value is -1.71. The first-order valence-corrected chi connectivity index (χ1v) is 14.2. The third-order valence-corrected chi connectivity index (χ3v) is 7.65. The maximum absolute atomic E-state index is 13.3. The summed E-state index contributed by atoms with van der Waals surface area (Å²) in [6, 6.07) is 14.7. The van der Waals surface area contributed by atoms with E-state index in [1.54, 1.807) is 24.4 Å². The number of aryl methyl sites for hydroxylation is 1. The number of ether oxygens (including phenoxy) is 1. The van der Waals surface area contributed by atoms with Gasteiger partial charge in [-0.05, 0) is 54.4 Å². The smallest absolute Gasteiger partial charge is 0.282 e. The van der Waals surface area contributed by atoms with E-state index in [4.69, 9.17) is 32.9 Å². The third-order valence-electron chi connectivity index (χ3n) is 5.36. The van der Waals surface area contributed by atoms with Crippen molar-refractivity contribution in [2.24, 2.45) is 5.10 Å². The molecule has 0 aliphatic heterocycles. The molecule has 0 atom stereocenters. The van der Waals surface area contributed by atoms with Crippen LogP contribution in [-0.2, 0) is 13.0 Å². The Morgan fingerprint density at radius 1 is 1.03 bits per heavy atom. The van der Waals surface area contributed by atoms with Crippen molar-refractivity contribution in [3.05, 3.63) is 99.3 Å². The highest BCUT2D eigenvalue weighted by molar-refractivity contribution is 9.11. The highest BCUT2D eigenvalue weighted by Gasteiger charge is 2.13. The summed E-state index contributed by atoms with van der Waals surface area (Å²) in [5.74, 6) is 0.980. The lowest BCUT2D eigenvalue weighted by Gasteiger charge is -2.12. The monoisotopic (exact) mass is 713 g/mol. The average molecular weight is 717 g/mol. The Kier molecular flexibility index (Phi) is 9.28. The van der Waals surface area contributed by atoms with Gasteiger partial charge in [0.25, 0.3) is 5.56 Å². The zero-order valence-electron chi connectivity index (χ0n) is 19.1. The molecule has 0 aliphatic carbocycles. The van der Waals surface area contributed by atoms with E-state index in [2.05, 4.69) is 59.8 Å². The number of hydrogen-bond donors (Lipinski definition) is 0. The number of fused-ring (bicyclic) bond motifs is 1. The van der Waals surface area contributed by atoms with Crippen molar-refractivity contribution < 1.29 is 4.74 Å². The van der Waals surface area contributed by atoms with E-state index in [9.17, 15) is 4.79 Å². The van der Waals surface area contributed by atoms with Gasteiger partial charge >= 0.3 is 0 Å². The molecule has 0 saturated carbocycles. The summed E-state index contributed by atoms with van der Waals surface area (Å²) in [7, 11) is 0. The molecule has 186 valence electrons. The molecule has 3 aromatic carbocycles. The largest absolute Gasteiger partial charge is 0.486 e. The molecule has 0 N–H and O–H groups in total. The molecule has 0 saturated heterocycles. The number of rotatable bonds is 8. The van der Waals surface area contributed by atoms with Gasteiger partial charge in [-0.15, -0.1) is 0 Å². The highest BCUT2D eigenvalue weighted by atomic mass is 79.9. The van der Waals surface area contributed by atoms with Crippen LogP contribution in [0.15, 0.2) is 71.8 Å². The minimum Gasteiger partial charge on any atom is -0.486 e. The fourth-order valence-electron chi connectivity index (χ4n) is 3.52. The van der Waals surface area contributed by atoms with Gasteiger partial charge in [0.15, 0.2) is 5.75 Å². The van der Waals surface area contributed by atoms with Gasteiger partial charge in [-0.3, -0.25) is 4.79 Å². The van der Waals surface area contributed by atoms with E-state index >= 15 is 0 Å². The topological polar surface area (TPSA) is 56.5 Å². The van der Waals surface area contributed by atoms with Gasteiger partial charge in [0, 0.05) is 25.4 Å². The molecule has 1 aromatic heterocycles. The fourth-order valence-corrected chi connectivity index (χ4v) is 5.65. The summed E-state index contributed by atoms with van der Waals surface area (Å²) in [4.78, 5) is 17.9. The maximum Gasteiger partial charge on any atom is 0.282 e. The SMILES string of the molecule is CCCCc1nc2ccc(Br)cc2c(=O)n1N=Cc1cc(Cl)c(OCc2ccc(Br)cc2Br)c(Cl)c1. The van der Waals surface area contributed by atoms with Crippen LogP contribution >= 0.6 is 71.0 Å². The maximum atomic E-state index is 13.3. The van der Waals surface area contributed by atoms with E-state index in [0.717, 1.165) is 31.8 Å². The van der Waals surface area contributed by atoms with Gasteiger partial charge in [-0.2, -0.15) is 9.78 Å². The molecular formula is C26H20Br3Cl2N3O2. The van der Waals surface area contributed by atoms with E-state index < -0.39 is 0 Å². The molecule has 0 radical (unpaired) electrons. The van der Waals surface area contributed by atoms with Crippen LogP contribution < -0.4 is 10.3 Å². The van der Waals surface area contributed by atoms with Crippen LogP contribution in [0.1, 0.15) is 36.7 Å². The van der Waals surface area contributed by atoms with Gasteiger partial charge < -0.3 is 4.74 Å². The summed E-state index contributed by atoms with van der Waals surface area (Å²) < 4.78 is 9.93. The second-order valence-electron chi connectivity index (χ2n) is 7.99. The molecule has 0 bridgehead atoms. The Balaban J connectivity index is 1.64. The summed E-state index contributed by atoms with van der Waals surface area (Å²) in [6.45, 7) is 2.38. The molecule has 5 nitrogen and oxygen atoms in total. The van der Waals surface area contributed by atoms with Crippen molar-refractivity contribution in [3.8, 4) is 5.75 Å².